The van der Waals surface area contributed by atoms with Gasteiger partial charge in [-0.05, 0) is 37.3 Å². The van der Waals surface area contributed by atoms with Crippen LogP contribution in [-0.4, -0.2) is 12.4 Å². The molecule has 2 aromatic carbocycles. The second-order valence-electron chi connectivity index (χ2n) is 4.64. The Morgan fingerprint density at radius 2 is 1.70 bits per heavy atom. The van der Waals surface area contributed by atoms with Crippen molar-refractivity contribution in [1.29, 1.82) is 0 Å². The second-order valence-corrected chi connectivity index (χ2v) is 6.94. The van der Waals surface area contributed by atoms with E-state index in [2.05, 4.69) is 12.6 Å². The van der Waals surface area contributed by atoms with Gasteiger partial charge in [0.1, 0.15) is 0 Å². The SMILES string of the molecule is Cc1ccc(S(=O)(=O)n2ccc3c(S)cccc32)cc1. The second kappa shape index (κ2) is 4.68. The van der Waals surface area contributed by atoms with Crippen LogP contribution < -0.4 is 0 Å². The summed E-state index contributed by atoms with van der Waals surface area (Å²) in [5.41, 5.74) is 1.66. The highest BCUT2D eigenvalue weighted by atomic mass is 32.2. The molecule has 0 radical (unpaired) electrons. The number of aryl methyl sites for hydroxylation is 1. The molecule has 3 aromatic rings. The van der Waals surface area contributed by atoms with Crippen LogP contribution in [0.4, 0.5) is 0 Å². The highest BCUT2D eigenvalue weighted by Crippen LogP contribution is 2.26. The van der Waals surface area contributed by atoms with Gasteiger partial charge in [0.25, 0.3) is 10.0 Å². The standard InChI is InChI=1S/C15H13NO2S2/c1-11-5-7-12(8-6-11)20(17,18)16-10-9-13-14(16)3-2-4-15(13)19/h2-10,19H,1H3. The average Bonchev–Trinajstić information content (AvgIpc) is 2.85. The number of hydrogen-bond donors (Lipinski definition) is 1. The Bertz CT molecular complexity index is 878. The van der Waals surface area contributed by atoms with Gasteiger partial charge in [-0.3, -0.25) is 0 Å². The zero-order valence-corrected chi connectivity index (χ0v) is 12.5. The topological polar surface area (TPSA) is 39.1 Å². The third-order valence-electron chi connectivity index (χ3n) is 3.25. The molecule has 0 aliphatic carbocycles. The molecule has 5 heteroatoms. The van der Waals surface area contributed by atoms with Crippen molar-refractivity contribution >= 4 is 33.6 Å². The Balaban J connectivity index is 2.24. The minimum atomic E-state index is -3.57. The van der Waals surface area contributed by atoms with Crippen molar-refractivity contribution in [1.82, 2.24) is 3.97 Å². The lowest BCUT2D eigenvalue weighted by atomic mass is 10.2. The molecule has 0 aliphatic heterocycles. The molecule has 0 fully saturated rings. The number of rotatable bonds is 2. The molecule has 0 unspecified atom stereocenters. The van der Waals surface area contributed by atoms with Crippen molar-refractivity contribution in [2.75, 3.05) is 0 Å². The lowest BCUT2D eigenvalue weighted by Crippen LogP contribution is -2.11. The van der Waals surface area contributed by atoms with Crippen molar-refractivity contribution in [3.05, 3.63) is 60.3 Å². The Labute approximate surface area is 123 Å². The van der Waals surface area contributed by atoms with Crippen LogP contribution in [0.2, 0.25) is 0 Å². The molecule has 0 bridgehead atoms. The van der Waals surface area contributed by atoms with E-state index in [1.165, 1.54) is 3.97 Å². The monoisotopic (exact) mass is 303 g/mol. The van der Waals surface area contributed by atoms with E-state index in [0.29, 0.717) is 5.52 Å². The van der Waals surface area contributed by atoms with E-state index < -0.39 is 10.0 Å². The van der Waals surface area contributed by atoms with E-state index >= 15 is 0 Å². The molecule has 1 aromatic heterocycles. The average molecular weight is 303 g/mol. The number of fused-ring (bicyclic) bond motifs is 1. The largest absolute Gasteiger partial charge is 0.268 e. The number of aromatic nitrogens is 1. The third kappa shape index (κ3) is 2.03. The highest BCUT2D eigenvalue weighted by Gasteiger charge is 2.18. The number of benzene rings is 2. The molecule has 0 aliphatic rings. The molecule has 1 heterocycles. The van der Waals surface area contributed by atoms with Gasteiger partial charge < -0.3 is 0 Å². The summed E-state index contributed by atoms with van der Waals surface area (Å²) in [6, 6.07) is 14.0. The molecular formula is C15H13NO2S2. The van der Waals surface area contributed by atoms with Gasteiger partial charge >= 0.3 is 0 Å². The summed E-state index contributed by atoms with van der Waals surface area (Å²) >= 11 is 4.35. The van der Waals surface area contributed by atoms with Gasteiger partial charge in [0.15, 0.2) is 0 Å². The van der Waals surface area contributed by atoms with Crippen LogP contribution in [0.25, 0.3) is 10.9 Å². The van der Waals surface area contributed by atoms with Crippen molar-refractivity contribution in [3.63, 3.8) is 0 Å². The molecule has 0 amide bonds. The van der Waals surface area contributed by atoms with Gasteiger partial charge in [0.05, 0.1) is 10.4 Å². The van der Waals surface area contributed by atoms with Crippen molar-refractivity contribution in [2.24, 2.45) is 0 Å². The first-order valence-electron chi connectivity index (χ1n) is 6.11. The maximum atomic E-state index is 12.7. The van der Waals surface area contributed by atoms with E-state index in [-0.39, 0.29) is 4.90 Å². The molecule has 102 valence electrons. The molecule has 3 nitrogen and oxygen atoms in total. The molecule has 0 N–H and O–H groups in total. The summed E-state index contributed by atoms with van der Waals surface area (Å²) in [5, 5.41) is 0.825. The first-order valence-corrected chi connectivity index (χ1v) is 8.00. The van der Waals surface area contributed by atoms with Gasteiger partial charge in [0, 0.05) is 16.5 Å². The number of thiol groups is 1. The van der Waals surface area contributed by atoms with Crippen LogP contribution in [0.5, 0.6) is 0 Å². The fourth-order valence-electron chi connectivity index (χ4n) is 2.16. The lowest BCUT2D eigenvalue weighted by Gasteiger charge is -2.08. The van der Waals surface area contributed by atoms with E-state index in [1.807, 2.05) is 13.0 Å². The quantitative estimate of drug-likeness (QED) is 0.736. The van der Waals surface area contributed by atoms with Crippen LogP contribution in [0.15, 0.2) is 64.5 Å². The van der Waals surface area contributed by atoms with E-state index in [1.54, 1.807) is 48.7 Å². The normalized spacial score (nSPS) is 11.9. The van der Waals surface area contributed by atoms with Crippen molar-refractivity contribution < 1.29 is 8.42 Å². The van der Waals surface area contributed by atoms with Gasteiger partial charge in [-0.15, -0.1) is 12.6 Å². The summed E-state index contributed by atoms with van der Waals surface area (Å²) in [5.74, 6) is 0. The highest BCUT2D eigenvalue weighted by molar-refractivity contribution is 7.90. The first-order chi connectivity index (χ1) is 9.50. The van der Waals surface area contributed by atoms with E-state index in [0.717, 1.165) is 15.8 Å². The molecule has 20 heavy (non-hydrogen) atoms. The summed E-state index contributed by atoms with van der Waals surface area (Å²) in [7, 11) is -3.57. The third-order valence-corrected chi connectivity index (χ3v) is 5.35. The first kappa shape index (κ1) is 13.3. The van der Waals surface area contributed by atoms with Gasteiger partial charge in [0.2, 0.25) is 0 Å². The molecule has 0 atom stereocenters. The van der Waals surface area contributed by atoms with Gasteiger partial charge in [-0.1, -0.05) is 23.8 Å². The lowest BCUT2D eigenvalue weighted by molar-refractivity contribution is 0.589. The summed E-state index contributed by atoms with van der Waals surface area (Å²) < 4.78 is 26.6. The van der Waals surface area contributed by atoms with Crippen LogP contribution in [0.3, 0.4) is 0 Å². The predicted octanol–water partition coefficient (Wildman–Crippen LogP) is 3.48. The Morgan fingerprint density at radius 1 is 1.00 bits per heavy atom. The van der Waals surface area contributed by atoms with Gasteiger partial charge in [-0.2, -0.15) is 0 Å². The predicted molar refractivity (Wildman–Crippen MR) is 83.0 cm³/mol. The summed E-state index contributed by atoms with van der Waals surface area (Å²) in [6.45, 7) is 1.93. The minimum absolute atomic E-state index is 0.283. The van der Waals surface area contributed by atoms with E-state index in [4.69, 9.17) is 0 Å². The molecule has 0 saturated heterocycles. The Hall–Kier alpha value is -1.72. The van der Waals surface area contributed by atoms with Crippen molar-refractivity contribution in [2.45, 2.75) is 16.7 Å². The number of nitrogens with zero attached hydrogens (tertiary/aromatic N) is 1. The number of hydrogen-bond acceptors (Lipinski definition) is 3. The van der Waals surface area contributed by atoms with Crippen LogP contribution in [0.1, 0.15) is 5.56 Å². The zero-order chi connectivity index (χ0) is 14.3. The fraction of sp³-hybridized carbons (Fsp3) is 0.0667. The Kier molecular flexibility index (Phi) is 3.11. The summed E-state index contributed by atoms with van der Waals surface area (Å²) in [4.78, 5) is 1.05. The zero-order valence-electron chi connectivity index (χ0n) is 10.8. The van der Waals surface area contributed by atoms with Crippen LogP contribution in [-0.2, 0) is 10.0 Å². The molecule has 0 saturated carbocycles. The Morgan fingerprint density at radius 3 is 2.40 bits per heavy atom. The van der Waals surface area contributed by atoms with Crippen molar-refractivity contribution in [3.8, 4) is 0 Å². The van der Waals surface area contributed by atoms with Crippen LogP contribution >= 0.6 is 12.6 Å². The summed E-state index contributed by atoms with van der Waals surface area (Å²) in [6.07, 6.45) is 1.57. The fourth-order valence-corrected chi connectivity index (χ4v) is 3.78. The minimum Gasteiger partial charge on any atom is -0.241 e. The molecular weight excluding hydrogens is 290 g/mol. The smallest absolute Gasteiger partial charge is 0.241 e. The molecule has 3 rings (SSSR count). The van der Waals surface area contributed by atoms with Gasteiger partial charge in [-0.25, -0.2) is 12.4 Å². The maximum Gasteiger partial charge on any atom is 0.268 e. The molecule has 0 spiro atoms. The maximum absolute atomic E-state index is 12.7. The van der Waals surface area contributed by atoms with Crippen LogP contribution in [0, 0.1) is 6.92 Å². The van der Waals surface area contributed by atoms with E-state index in [9.17, 15) is 8.42 Å².